The number of morpholine rings is 1. The van der Waals surface area contributed by atoms with Gasteiger partial charge >= 0.3 is 0 Å². The molecule has 10 heteroatoms. The number of aryl methyl sites for hydroxylation is 1. The number of carbonyl (C=O) groups is 1. The van der Waals surface area contributed by atoms with Gasteiger partial charge in [0, 0.05) is 32.2 Å². The standard InChI is InChI=1S/C21H23N5O3S2/c1-13-23-15-11-14(3-4-16(15)29-13)24-19(27)17-12-18-20(30-17)25-21(31-18)22-5-2-6-26-7-9-28-10-8-26/h3-4,11-12H,2,5-10H2,1H3,(H,22,25)(H,24,27). The molecule has 0 bridgehead atoms. The Hall–Kier alpha value is -2.53. The topological polar surface area (TPSA) is 92.5 Å². The summed E-state index contributed by atoms with van der Waals surface area (Å²) in [5.41, 5.74) is 2.13. The molecule has 4 aromatic rings. The van der Waals surface area contributed by atoms with Gasteiger partial charge in [-0.2, -0.15) is 0 Å². The van der Waals surface area contributed by atoms with Gasteiger partial charge in [0.2, 0.25) is 0 Å². The van der Waals surface area contributed by atoms with Crippen LogP contribution in [0.25, 0.3) is 20.6 Å². The van der Waals surface area contributed by atoms with E-state index in [-0.39, 0.29) is 5.91 Å². The first-order valence-electron chi connectivity index (χ1n) is 10.3. The van der Waals surface area contributed by atoms with Crippen molar-refractivity contribution >= 4 is 60.0 Å². The molecule has 5 rings (SSSR count). The highest BCUT2D eigenvalue weighted by Gasteiger charge is 2.15. The third-order valence-electron chi connectivity index (χ3n) is 5.10. The van der Waals surface area contributed by atoms with E-state index in [1.165, 1.54) is 11.3 Å². The summed E-state index contributed by atoms with van der Waals surface area (Å²) in [7, 11) is 0. The zero-order chi connectivity index (χ0) is 21.2. The highest BCUT2D eigenvalue weighted by Crippen LogP contribution is 2.33. The number of fused-ring (bicyclic) bond motifs is 2. The predicted molar refractivity (Wildman–Crippen MR) is 125 cm³/mol. The maximum absolute atomic E-state index is 12.7. The van der Waals surface area contributed by atoms with Crippen molar-refractivity contribution in [3.8, 4) is 0 Å². The van der Waals surface area contributed by atoms with Crippen LogP contribution >= 0.6 is 22.7 Å². The Balaban J connectivity index is 1.17. The number of amides is 1. The van der Waals surface area contributed by atoms with Gasteiger partial charge in [0.25, 0.3) is 5.91 Å². The van der Waals surface area contributed by atoms with Gasteiger partial charge < -0.3 is 19.8 Å². The fraction of sp³-hybridized carbons (Fsp3) is 0.381. The molecule has 1 aliphatic heterocycles. The second-order valence-corrected chi connectivity index (χ2v) is 9.46. The van der Waals surface area contributed by atoms with Crippen LogP contribution in [-0.4, -0.2) is 60.2 Å². The summed E-state index contributed by atoms with van der Waals surface area (Å²) in [6, 6.07) is 7.36. The van der Waals surface area contributed by atoms with Gasteiger partial charge in [-0.25, -0.2) is 9.97 Å². The molecule has 8 nitrogen and oxygen atoms in total. The number of hydrogen-bond donors (Lipinski definition) is 2. The van der Waals surface area contributed by atoms with E-state index in [4.69, 9.17) is 9.15 Å². The van der Waals surface area contributed by atoms with E-state index >= 15 is 0 Å². The molecule has 1 fully saturated rings. The molecule has 0 saturated carbocycles. The number of anilines is 2. The van der Waals surface area contributed by atoms with Gasteiger partial charge in [0.15, 0.2) is 16.6 Å². The van der Waals surface area contributed by atoms with Gasteiger partial charge in [0.1, 0.15) is 10.3 Å². The minimum Gasteiger partial charge on any atom is -0.441 e. The van der Waals surface area contributed by atoms with E-state index in [0.29, 0.717) is 22.0 Å². The van der Waals surface area contributed by atoms with E-state index in [1.54, 1.807) is 18.3 Å². The summed E-state index contributed by atoms with van der Waals surface area (Å²) in [6.45, 7) is 7.46. The minimum absolute atomic E-state index is 0.144. The van der Waals surface area contributed by atoms with Crippen LogP contribution in [0.1, 0.15) is 22.0 Å². The Kier molecular flexibility index (Phi) is 5.86. The first-order valence-corrected chi connectivity index (χ1v) is 11.9. The quantitative estimate of drug-likeness (QED) is 0.402. The smallest absolute Gasteiger partial charge is 0.265 e. The molecule has 4 heterocycles. The number of thiazole rings is 1. The predicted octanol–water partition coefficient (Wildman–Crippen LogP) is 4.19. The number of ether oxygens (including phenoxy) is 1. The molecule has 1 aliphatic rings. The summed E-state index contributed by atoms with van der Waals surface area (Å²) in [5.74, 6) is 0.461. The maximum atomic E-state index is 12.7. The molecule has 0 radical (unpaired) electrons. The molecule has 0 unspecified atom stereocenters. The normalized spacial score (nSPS) is 15.0. The van der Waals surface area contributed by atoms with Crippen molar-refractivity contribution < 1.29 is 13.9 Å². The number of nitrogens with one attached hydrogen (secondary N) is 2. The van der Waals surface area contributed by atoms with E-state index < -0.39 is 0 Å². The van der Waals surface area contributed by atoms with Crippen LogP contribution in [-0.2, 0) is 4.74 Å². The van der Waals surface area contributed by atoms with E-state index in [9.17, 15) is 4.79 Å². The second-order valence-electron chi connectivity index (χ2n) is 7.40. The zero-order valence-electron chi connectivity index (χ0n) is 17.1. The van der Waals surface area contributed by atoms with Crippen molar-refractivity contribution in [1.29, 1.82) is 0 Å². The van der Waals surface area contributed by atoms with Gasteiger partial charge in [-0.05, 0) is 37.2 Å². The number of oxazole rings is 1. The molecular formula is C21H23N5O3S2. The summed E-state index contributed by atoms with van der Waals surface area (Å²) >= 11 is 2.99. The van der Waals surface area contributed by atoms with Crippen molar-refractivity contribution in [1.82, 2.24) is 14.9 Å². The molecule has 0 aliphatic carbocycles. The molecule has 1 aromatic carbocycles. The zero-order valence-corrected chi connectivity index (χ0v) is 18.8. The minimum atomic E-state index is -0.144. The van der Waals surface area contributed by atoms with Crippen molar-refractivity contribution in [2.45, 2.75) is 13.3 Å². The van der Waals surface area contributed by atoms with Crippen LogP contribution < -0.4 is 10.6 Å². The number of nitrogens with zero attached hydrogens (tertiary/aromatic N) is 3. The van der Waals surface area contributed by atoms with Crippen molar-refractivity contribution in [3.05, 3.63) is 35.0 Å². The lowest BCUT2D eigenvalue weighted by Gasteiger charge is -2.26. The van der Waals surface area contributed by atoms with Crippen LogP contribution in [0.5, 0.6) is 0 Å². The average Bonchev–Trinajstić information content (AvgIpc) is 3.43. The first-order chi connectivity index (χ1) is 15.1. The van der Waals surface area contributed by atoms with Gasteiger partial charge in [-0.3, -0.25) is 9.69 Å². The van der Waals surface area contributed by atoms with Crippen LogP contribution in [0.2, 0.25) is 0 Å². The van der Waals surface area contributed by atoms with Crippen molar-refractivity contribution in [2.24, 2.45) is 0 Å². The van der Waals surface area contributed by atoms with E-state index in [1.807, 2.05) is 24.3 Å². The average molecular weight is 458 g/mol. The van der Waals surface area contributed by atoms with Gasteiger partial charge in [-0.15, -0.1) is 11.3 Å². The van der Waals surface area contributed by atoms with Crippen LogP contribution in [0.3, 0.4) is 0 Å². The Morgan fingerprint density at radius 2 is 2.06 bits per heavy atom. The number of hydrogen-bond acceptors (Lipinski definition) is 9. The molecule has 1 saturated heterocycles. The summed E-state index contributed by atoms with van der Waals surface area (Å²) < 4.78 is 11.9. The lowest BCUT2D eigenvalue weighted by Crippen LogP contribution is -2.37. The molecule has 162 valence electrons. The molecule has 3 aromatic heterocycles. The largest absolute Gasteiger partial charge is 0.441 e. The van der Waals surface area contributed by atoms with Gasteiger partial charge in [-0.1, -0.05) is 11.3 Å². The van der Waals surface area contributed by atoms with Crippen LogP contribution in [0.15, 0.2) is 28.7 Å². The molecule has 0 atom stereocenters. The molecular weight excluding hydrogens is 434 g/mol. The third-order valence-corrected chi connectivity index (χ3v) is 7.21. The molecule has 31 heavy (non-hydrogen) atoms. The lowest BCUT2D eigenvalue weighted by atomic mass is 10.3. The Morgan fingerprint density at radius 1 is 1.19 bits per heavy atom. The number of thiophene rings is 1. The monoisotopic (exact) mass is 457 g/mol. The SMILES string of the molecule is Cc1nc2cc(NC(=O)c3cc4sc(NCCCN5CCOCC5)nc4s3)ccc2o1. The first kappa shape index (κ1) is 20.4. The fourth-order valence-electron chi connectivity index (χ4n) is 3.56. The Bertz CT molecular complexity index is 1180. The summed E-state index contributed by atoms with van der Waals surface area (Å²) in [4.78, 5) is 25.6. The summed E-state index contributed by atoms with van der Waals surface area (Å²) in [6.07, 6.45) is 1.07. The van der Waals surface area contributed by atoms with Gasteiger partial charge in [0.05, 0.1) is 22.8 Å². The second kappa shape index (κ2) is 8.91. The number of rotatable bonds is 7. The van der Waals surface area contributed by atoms with Crippen molar-refractivity contribution in [2.75, 3.05) is 50.0 Å². The lowest BCUT2D eigenvalue weighted by molar-refractivity contribution is 0.0378. The number of carbonyl (C=O) groups excluding carboxylic acids is 1. The van der Waals surface area contributed by atoms with Crippen LogP contribution in [0, 0.1) is 6.92 Å². The Labute approximate surface area is 187 Å². The molecule has 0 spiro atoms. The molecule has 1 amide bonds. The fourth-order valence-corrected chi connectivity index (χ4v) is 5.60. The Morgan fingerprint density at radius 3 is 2.90 bits per heavy atom. The molecule has 2 N–H and O–H groups in total. The maximum Gasteiger partial charge on any atom is 0.265 e. The highest BCUT2D eigenvalue weighted by molar-refractivity contribution is 7.29. The third kappa shape index (κ3) is 4.72. The number of benzene rings is 1. The van der Waals surface area contributed by atoms with Crippen LogP contribution in [0.4, 0.5) is 10.8 Å². The van der Waals surface area contributed by atoms with E-state index in [0.717, 1.165) is 66.0 Å². The highest BCUT2D eigenvalue weighted by atomic mass is 32.1. The summed E-state index contributed by atoms with van der Waals surface area (Å²) in [5, 5.41) is 7.25. The van der Waals surface area contributed by atoms with Crippen molar-refractivity contribution in [3.63, 3.8) is 0 Å². The number of aromatic nitrogens is 2. The van der Waals surface area contributed by atoms with E-state index in [2.05, 4.69) is 25.5 Å².